The molecule has 3 aromatic heterocycles. The van der Waals surface area contributed by atoms with Gasteiger partial charge >= 0.3 is 0 Å². The number of nitrogens with zero attached hydrogens (tertiary/aromatic N) is 4. The first-order chi connectivity index (χ1) is 13.9. The highest BCUT2D eigenvalue weighted by Crippen LogP contribution is 2.40. The SMILES string of the molecule is c1ccc(CN(CCc2ccccn2)c2ncnc3sc4c(c23)CCC4)cc1. The lowest BCUT2D eigenvalue weighted by molar-refractivity contribution is 0.760. The first kappa shape index (κ1) is 17.3. The number of aromatic nitrogens is 3. The maximum atomic E-state index is 4.77. The fourth-order valence-corrected chi connectivity index (χ4v) is 5.23. The van der Waals surface area contributed by atoms with Crippen molar-refractivity contribution in [1.29, 1.82) is 0 Å². The zero-order valence-corrected chi connectivity index (χ0v) is 16.5. The van der Waals surface area contributed by atoms with Crippen LogP contribution in [-0.4, -0.2) is 21.5 Å². The van der Waals surface area contributed by atoms with E-state index in [1.54, 1.807) is 6.33 Å². The molecule has 1 aliphatic carbocycles. The summed E-state index contributed by atoms with van der Waals surface area (Å²) in [5.41, 5.74) is 3.88. The average Bonchev–Trinajstić information content (AvgIpc) is 3.33. The summed E-state index contributed by atoms with van der Waals surface area (Å²) in [5, 5.41) is 1.27. The van der Waals surface area contributed by atoms with Gasteiger partial charge in [-0.05, 0) is 42.5 Å². The van der Waals surface area contributed by atoms with Crippen LogP contribution in [0.25, 0.3) is 10.2 Å². The van der Waals surface area contributed by atoms with Crippen molar-refractivity contribution >= 4 is 27.4 Å². The maximum absolute atomic E-state index is 4.77. The van der Waals surface area contributed by atoms with E-state index in [1.807, 2.05) is 23.6 Å². The lowest BCUT2D eigenvalue weighted by Gasteiger charge is -2.25. The third-order valence-electron chi connectivity index (χ3n) is 5.36. The highest BCUT2D eigenvalue weighted by Gasteiger charge is 2.23. The lowest BCUT2D eigenvalue weighted by Crippen LogP contribution is -2.27. The van der Waals surface area contributed by atoms with Gasteiger partial charge in [0.25, 0.3) is 0 Å². The van der Waals surface area contributed by atoms with Gasteiger partial charge in [0, 0.05) is 36.3 Å². The fraction of sp³-hybridized carbons (Fsp3) is 0.261. The van der Waals surface area contributed by atoms with Crippen LogP contribution in [0.5, 0.6) is 0 Å². The molecule has 5 heteroatoms. The van der Waals surface area contributed by atoms with E-state index in [4.69, 9.17) is 4.98 Å². The topological polar surface area (TPSA) is 41.9 Å². The summed E-state index contributed by atoms with van der Waals surface area (Å²) < 4.78 is 0. The van der Waals surface area contributed by atoms with E-state index < -0.39 is 0 Å². The summed E-state index contributed by atoms with van der Waals surface area (Å²) in [6.07, 6.45) is 8.06. The van der Waals surface area contributed by atoms with Gasteiger partial charge in [0.1, 0.15) is 17.0 Å². The van der Waals surface area contributed by atoms with E-state index >= 15 is 0 Å². The van der Waals surface area contributed by atoms with Gasteiger partial charge in [-0.1, -0.05) is 36.4 Å². The van der Waals surface area contributed by atoms with Crippen LogP contribution in [0, 0.1) is 0 Å². The Morgan fingerprint density at radius 2 is 1.82 bits per heavy atom. The van der Waals surface area contributed by atoms with Gasteiger partial charge in [-0.3, -0.25) is 4.98 Å². The van der Waals surface area contributed by atoms with Crippen molar-refractivity contribution in [3.63, 3.8) is 0 Å². The van der Waals surface area contributed by atoms with Crippen molar-refractivity contribution in [2.24, 2.45) is 0 Å². The first-order valence-electron chi connectivity index (χ1n) is 9.82. The molecule has 0 spiro atoms. The van der Waals surface area contributed by atoms with Crippen LogP contribution in [0.15, 0.2) is 61.1 Å². The molecule has 28 heavy (non-hydrogen) atoms. The highest BCUT2D eigenvalue weighted by atomic mass is 32.1. The molecule has 140 valence electrons. The van der Waals surface area contributed by atoms with E-state index in [1.165, 1.54) is 34.2 Å². The number of thiophene rings is 1. The van der Waals surface area contributed by atoms with Crippen LogP contribution in [0.2, 0.25) is 0 Å². The number of rotatable bonds is 6. The van der Waals surface area contributed by atoms with E-state index in [0.717, 1.165) is 42.3 Å². The molecular weight excluding hydrogens is 364 g/mol. The van der Waals surface area contributed by atoms with Gasteiger partial charge in [-0.2, -0.15) is 0 Å². The quantitative estimate of drug-likeness (QED) is 0.476. The number of pyridine rings is 1. The van der Waals surface area contributed by atoms with Gasteiger partial charge in [0.15, 0.2) is 0 Å². The molecule has 0 aliphatic heterocycles. The maximum Gasteiger partial charge on any atom is 0.141 e. The normalized spacial score (nSPS) is 13.0. The van der Waals surface area contributed by atoms with Crippen LogP contribution in [0.4, 0.5) is 5.82 Å². The Morgan fingerprint density at radius 1 is 0.929 bits per heavy atom. The number of anilines is 1. The molecule has 3 heterocycles. The summed E-state index contributed by atoms with van der Waals surface area (Å²) in [4.78, 5) is 18.9. The second kappa shape index (κ2) is 7.68. The minimum atomic E-state index is 0.838. The molecule has 0 bridgehead atoms. The monoisotopic (exact) mass is 386 g/mol. The number of hydrogen-bond acceptors (Lipinski definition) is 5. The van der Waals surface area contributed by atoms with Crippen molar-refractivity contribution in [2.75, 3.05) is 11.4 Å². The molecule has 0 fully saturated rings. The summed E-state index contributed by atoms with van der Waals surface area (Å²) in [6, 6.07) is 16.8. The largest absolute Gasteiger partial charge is 0.351 e. The summed E-state index contributed by atoms with van der Waals surface area (Å²) >= 11 is 1.85. The Labute approximate surface area is 168 Å². The molecule has 0 atom stereocenters. The van der Waals surface area contributed by atoms with Gasteiger partial charge in [-0.15, -0.1) is 11.3 Å². The zero-order valence-electron chi connectivity index (χ0n) is 15.7. The van der Waals surface area contributed by atoms with Crippen LogP contribution < -0.4 is 4.90 Å². The Bertz CT molecular complexity index is 1080. The van der Waals surface area contributed by atoms with Crippen molar-refractivity contribution in [2.45, 2.75) is 32.2 Å². The third kappa shape index (κ3) is 3.38. The predicted molar refractivity (Wildman–Crippen MR) is 115 cm³/mol. The molecule has 0 N–H and O–H groups in total. The van der Waals surface area contributed by atoms with Gasteiger partial charge in [0.05, 0.1) is 5.39 Å². The molecule has 0 amide bonds. The van der Waals surface area contributed by atoms with Crippen molar-refractivity contribution in [3.8, 4) is 0 Å². The average molecular weight is 387 g/mol. The second-order valence-electron chi connectivity index (χ2n) is 7.21. The van der Waals surface area contributed by atoms with E-state index in [2.05, 4.69) is 57.3 Å². The number of benzene rings is 1. The Kier molecular flexibility index (Phi) is 4.75. The van der Waals surface area contributed by atoms with Crippen LogP contribution in [0.1, 0.15) is 28.1 Å². The molecule has 0 saturated carbocycles. The summed E-state index contributed by atoms with van der Waals surface area (Å²) in [7, 11) is 0. The van der Waals surface area contributed by atoms with Gasteiger partial charge in [-0.25, -0.2) is 9.97 Å². The van der Waals surface area contributed by atoms with Crippen molar-refractivity contribution in [1.82, 2.24) is 15.0 Å². The van der Waals surface area contributed by atoms with Crippen LogP contribution in [-0.2, 0) is 25.8 Å². The minimum absolute atomic E-state index is 0.838. The summed E-state index contributed by atoms with van der Waals surface area (Å²) in [6.45, 7) is 1.72. The standard InChI is InChI=1S/C23H22N4S/c1-2-7-17(8-3-1)15-27(14-12-18-9-4-5-13-24-18)22-21-19-10-6-11-20(19)28-23(21)26-16-25-22/h1-5,7-9,13,16H,6,10-12,14-15H2. The predicted octanol–water partition coefficient (Wildman–Crippen LogP) is 4.82. The molecule has 0 unspecified atom stereocenters. The van der Waals surface area contributed by atoms with Crippen molar-refractivity contribution < 1.29 is 0 Å². The second-order valence-corrected chi connectivity index (χ2v) is 8.30. The molecular formula is C23H22N4S. The zero-order chi connectivity index (χ0) is 18.8. The molecule has 0 saturated heterocycles. The molecule has 4 nitrogen and oxygen atoms in total. The Morgan fingerprint density at radius 3 is 2.68 bits per heavy atom. The highest BCUT2D eigenvalue weighted by molar-refractivity contribution is 7.19. The third-order valence-corrected chi connectivity index (χ3v) is 6.56. The summed E-state index contributed by atoms with van der Waals surface area (Å²) in [5.74, 6) is 1.07. The number of aryl methyl sites for hydroxylation is 2. The minimum Gasteiger partial charge on any atom is -0.351 e. The molecule has 1 aliphatic rings. The lowest BCUT2D eigenvalue weighted by atomic mass is 10.1. The Hall–Kier alpha value is -2.79. The van der Waals surface area contributed by atoms with Crippen LogP contribution >= 0.6 is 11.3 Å². The smallest absolute Gasteiger partial charge is 0.141 e. The molecule has 0 radical (unpaired) electrons. The fourth-order valence-electron chi connectivity index (χ4n) is 4.01. The van der Waals surface area contributed by atoms with Crippen LogP contribution in [0.3, 0.4) is 0 Å². The van der Waals surface area contributed by atoms with E-state index in [-0.39, 0.29) is 0 Å². The molecule has 4 aromatic rings. The number of hydrogen-bond donors (Lipinski definition) is 0. The number of fused-ring (bicyclic) bond motifs is 3. The van der Waals surface area contributed by atoms with Crippen molar-refractivity contribution in [3.05, 3.63) is 82.8 Å². The van der Waals surface area contributed by atoms with Gasteiger partial charge in [0.2, 0.25) is 0 Å². The van der Waals surface area contributed by atoms with E-state index in [9.17, 15) is 0 Å². The Balaban J connectivity index is 1.53. The molecule has 5 rings (SSSR count). The van der Waals surface area contributed by atoms with E-state index in [0.29, 0.717) is 0 Å². The van der Waals surface area contributed by atoms with Gasteiger partial charge < -0.3 is 4.90 Å². The molecule has 1 aromatic carbocycles. The first-order valence-corrected chi connectivity index (χ1v) is 10.6.